The lowest BCUT2D eigenvalue weighted by atomic mass is 10.0. The van der Waals surface area contributed by atoms with Crippen molar-refractivity contribution in [3.63, 3.8) is 0 Å². The Kier molecular flexibility index (Phi) is 5.92. The zero-order valence-corrected chi connectivity index (χ0v) is 14.8. The molecule has 0 saturated heterocycles. The standard InChI is InChI=1S/C16H20N2O3S2/c1-3-12-7-5-8-13(4-2)16(12)18-14(19)11-17-23(20,21)15-9-6-10-22-15/h5-10,17H,3-4,11H2,1-2H3,(H,18,19). The number of anilines is 1. The SMILES string of the molecule is CCc1cccc(CC)c1NC(=O)CNS(=O)(=O)c1cccs1. The summed E-state index contributed by atoms with van der Waals surface area (Å²) in [4.78, 5) is 12.1. The number of aryl methyl sites for hydroxylation is 2. The quantitative estimate of drug-likeness (QED) is 0.804. The molecule has 0 atom stereocenters. The topological polar surface area (TPSA) is 75.3 Å². The van der Waals surface area contributed by atoms with Crippen LogP contribution >= 0.6 is 11.3 Å². The largest absolute Gasteiger partial charge is 0.324 e. The van der Waals surface area contributed by atoms with Crippen molar-refractivity contribution in [1.29, 1.82) is 0 Å². The molecule has 7 heteroatoms. The van der Waals surface area contributed by atoms with Crippen molar-refractivity contribution in [1.82, 2.24) is 4.72 Å². The van der Waals surface area contributed by atoms with E-state index in [1.165, 1.54) is 6.07 Å². The Morgan fingerprint density at radius 3 is 2.26 bits per heavy atom. The van der Waals surface area contributed by atoms with Crippen LogP contribution in [0, 0.1) is 0 Å². The molecule has 0 aliphatic rings. The Morgan fingerprint density at radius 2 is 1.74 bits per heavy atom. The van der Waals surface area contributed by atoms with Crippen LogP contribution in [0.3, 0.4) is 0 Å². The summed E-state index contributed by atoms with van der Waals surface area (Å²) >= 11 is 1.12. The van der Waals surface area contributed by atoms with Gasteiger partial charge < -0.3 is 5.32 Å². The van der Waals surface area contributed by atoms with Gasteiger partial charge in [0.05, 0.1) is 6.54 Å². The first-order valence-corrected chi connectivity index (χ1v) is 9.78. The minimum Gasteiger partial charge on any atom is -0.324 e. The van der Waals surface area contributed by atoms with Crippen LogP contribution in [0.2, 0.25) is 0 Å². The summed E-state index contributed by atoms with van der Waals surface area (Å²) in [5.41, 5.74) is 2.87. The molecule has 1 amide bonds. The molecule has 1 aromatic heterocycles. The molecular weight excluding hydrogens is 332 g/mol. The van der Waals surface area contributed by atoms with Gasteiger partial charge in [0.15, 0.2) is 0 Å². The van der Waals surface area contributed by atoms with Gasteiger partial charge in [0, 0.05) is 5.69 Å². The lowest BCUT2D eigenvalue weighted by Crippen LogP contribution is -2.33. The first-order chi connectivity index (χ1) is 11.0. The summed E-state index contributed by atoms with van der Waals surface area (Å²) in [6, 6.07) is 9.05. The van der Waals surface area contributed by atoms with Gasteiger partial charge in [0.1, 0.15) is 4.21 Å². The van der Waals surface area contributed by atoms with Gasteiger partial charge in [-0.3, -0.25) is 4.79 Å². The van der Waals surface area contributed by atoms with Gasteiger partial charge in [-0.2, -0.15) is 0 Å². The monoisotopic (exact) mass is 352 g/mol. The van der Waals surface area contributed by atoms with Crippen LogP contribution < -0.4 is 10.0 Å². The second-order valence-electron chi connectivity index (χ2n) is 4.96. The molecular formula is C16H20N2O3S2. The molecule has 2 aromatic rings. The number of rotatable bonds is 7. The Bertz CT molecular complexity index is 746. The summed E-state index contributed by atoms with van der Waals surface area (Å²) in [7, 11) is -3.63. The lowest BCUT2D eigenvalue weighted by Gasteiger charge is -2.14. The Hall–Kier alpha value is -1.70. The van der Waals surface area contributed by atoms with Crippen molar-refractivity contribution in [3.8, 4) is 0 Å². The Morgan fingerprint density at radius 1 is 1.09 bits per heavy atom. The van der Waals surface area contributed by atoms with Gasteiger partial charge in [-0.25, -0.2) is 13.1 Å². The van der Waals surface area contributed by atoms with E-state index in [0.29, 0.717) is 0 Å². The molecule has 0 unspecified atom stereocenters. The molecule has 2 rings (SSSR count). The van der Waals surface area contributed by atoms with E-state index in [1.807, 2.05) is 32.0 Å². The van der Waals surface area contributed by atoms with Crippen molar-refractivity contribution in [2.24, 2.45) is 0 Å². The third-order valence-electron chi connectivity index (χ3n) is 3.45. The van der Waals surface area contributed by atoms with Gasteiger partial charge in [-0.15, -0.1) is 11.3 Å². The van der Waals surface area contributed by atoms with Crippen molar-refractivity contribution in [3.05, 3.63) is 46.8 Å². The molecule has 1 heterocycles. The molecule has 0 spiro atoms. The zero-order valence-electron chi connectivity index (χ0n) is 13.1. The number of thiophene rings is 1. The van der Waals surface area contributed by atoms with Crippen LogP contribution in [0.5, 0.6) is 0 Å². The van der Waals surface area contributed by atoms with Crippen LogP contribution in [-0.2, 0) is 27.7 Å². The van der Waals surface area contributed by atoms with Crippen molar-refractivity contribution in [2.75, 3.05) is 11.9 Å². The summed E-state index contributed by atoms with van der Waals surface area (Å²) in [6.45, 7) is 3.75. The Balaban J connectivity index is 2.06. The van der Waals surface area contributed by atoms with E-state index in [9.17, 15) is 13.2 Å². The van der Waals surface area contributed by atoms with E-state index in [1.54, 1.807) is 11.4 Å². The van der Waals surface area contributed by atoms with Crippen LogP contribution in [0.4, 0.5) is 5.69 Å². The number of sulfonamides is 1. The number of hydrogen-bond donors (Lipinski definition) is 2. The number of carbonyl (C=O) groups is 1. The highest BCUT2D eigenvalue weighted by Crippen LogP contribution is 2.22. The van der Waals surface area contributed by atoms with E-state index >= 15 is 0 Å². The lowest BCUT2D eigenvalue weighted by molar-refractivity contribution is -0.115. The average molecular weight is 352 g/mol. The van der Waals surface area contributed by atoms with E-state index < -0.39 is 10.0 Å². The maximum atomic E-state index is 12.1. The zero-order chi connectivity index (χ0) is 16.9. The molecule has 5 nitrogen and oxygen atoms in total. The van der Waals surface area contributed by atoms with E-state index in [4.69, 9.17) is 0 Å². The molecule has 0 radical (unpaired) electrons. The molecule has 1 aromatic carbocycles. The summed E-state index contributed by atoms with van der Waals surface area (Å²) < 4.78 is 26.6. The summed E-state index contributed by atoms with van der Waals surface area (Å²) in [5, 5.41) is 4.52. The van der Waals surface area contributed by atoms with Crippen LogP contribution in [0.1, 0.15) is 25.0 Å². The number of amides is 1. The third kappa shape index (κ3) is 4.40. The highest BCUT2D eigenvalue weighted by atomic mass is 32.2. The number of hydrogen-bond acceptors (Lipinski definition) is 4. The van der Waals surface area contributed by atoms with Crippen molar-refractivity contribution < 1.29 is 13.2 Å². The number of carbonyl (C=O) groups excluding carboxylic acids is 1. The molecule has 124 valence electrons. The second kappa shape index (κ2) is 7.72. The normalized spacial score (nSPS) is 11.4. The van der Waals surface area contributed by atoms with Crippen molar-refractivity contribution in [2.45, 2.75) is 30.9 Å². The fourth-order valence-corrected chi connectivity index (χ4v) is 4.25. The highest BCUT2D eigenvalue weighted by Gasteiger charge is 2.17. The minimum absolute atomic E-state index is 0.202. The molecule has 0 aliphatic heterocycles. The fourth-order valence-electron chi connectivity index (χ4n) is 2.23. The smallest absolute Gasteiger partial charge is 0.250 e. The summed E-state index contributed by atoms with van der Waals surface area (Å²) in [6.07, 6.45) is 1.59. The van der Waals surface area contributed by atoms with Gasteiger partial charge in [-0.05, 0) is 35.4 Å². The number of para-hydroxylation sites is 1. The molecule has 0 fully saturated rings. The van der Waals surface area contributed by atoms with Gasteiger partial charge >= 0.3 is 0 Å². The second-order valence-corrected chi connectivity index (χ2v) is 7.90. The molecule has 2 N–H and O–H groups in total. The van der Waals surface area contributed by atoms with Gasteiger partial charge in [-0.1, -0.05) is 38.1 Å². The van der Waals surface area contributed by atoms with Crippen LogP contribution in [-0.4, -0.2) is 20.9 Å². The van der Waals surface area contributed by atoms with Gasteiger partial charge in [0.2, 0.25) is 5.91 Å². The van der Waals surface area contributed by atoms with E-state index in [-0.39, 0.29) is 16.7 Å². The first-order valence-electron chi connectivity index (χ1n) is 7.41. The van der Waals surface area contributed by atoms with Crippen LogP contribution in [0.15, 0.2) is 39.9 Å². The maximum absolute atomic E-state index is 12.1. The number of nitrogens with one attached hydrogen (secondary N) is 2. The molecule has 0 bridgehead atoms. The minimum atomic E-state index is -3.63. The predicted molar refractivity (Wildman–Crippen MR) is 93.3 cm³/mol. The first kappa shape index (κ1) is 17.7. The molecule has 0 saturated carbocycles. The fraction of sp³-hybridized carbons (Fsp3) is 0.312. The Labute approximate surface area is 140 Å². The third-order valence-corrected chi connectivity index (χ3v) is 6.24. The van der Waals surface area contributed by atoms with E-state index in [0.717, 1.165) is 41.0 Å². The van der Waals surface area contributed by atoms with Crippen molar-refractivity contribution >= 4 is 33.0 Å². The molecule has 0 aliphatic carbocycles. The summed E-state index contributed by atoms with van der Waals surface area (Å²) in [5.74, 6) is -0.374. The van der Waals surface area contributed by atoms with E-state index in [2.05, 4.69) is 10.0 Å². The predicted octanol–water partition coefficient (Wildman–Crippen LogP) is 2.79. The van der Waals surface area contributed by atoms with Gasteiger partial charge in [0.25, 0.3) is 10.0 Å². The maximum Gasteiger partial charge on any atom is 0.250 e. The molecule has 23 heavy (non-hydrogen) atoms. The highest BCUT2D eigenvalue weighted by molar-refractivity contribution is 7.91. The average Bonchev–Trinajstić information content (AvgIpc) is 3.08. The van der Waals surface area contributed by atoms with Crippen LogP contribution in [0.25, 0.3) is 0 Å². The number of benzene rings is 1.